The van der Waals surface area contributed by atoms with Crippen molar-refractivity contribution in [3.63, 3.8) is 0 Å². The first kappa shape index (κ1) is 20.2. The van der Waals surface area contributed by atoms with Crippen LogP contribution in [0, 0.1) is 0 Å². The molecule has 0 aromatic heterocycles. The summed E-state index contributed by atoms with van der Waals surface area (Å²) in [7, 11) is 0. The maximum atomic E-state index is 11.9. The molecule has 0 aromatic carbocycles. The van der Waals surface area contributed by atoms with E-state index in [2.05, 4.69) is 0 Å². The second-order valence-electron chi connectivity index (χ2n) is 4.99. The van der Waals surface area contributed by atoms with Crippen molar-refractivity contribution in [1.82, 2.24) is 0 Å². The fraction of sp³-hybridized carbons (Fsp3) is 0.615. The van der Waals surface area contributed by atoms with Crippen LogP contribution < -0.4 is 0 Å². The Hall–Kier alpha value is -1.81. The second kappa shape index (κ2) is 6.13. The lowest BCUT2D eigenvalue weighted by atomic mass is 9.63. The maximum Gasteiger partial charge on any atom is 0.240 e. The molecule has 0 radical (unpaired) electrons. The molecule has 0 rings (SSSR count). The lowest BCUT2D eigenvalue weighted by molar-refractivity contribution is -0.231. The Morgan fingerprint density at radius 2 is 1.18 bits per heavy atom. The molecule has 0 saturated carbocycles. The minimum atomic E-state index is -3.74. The van der Waals surface area contributed by atoms with Crippen LogP contribution in [0.15, 0.2) is 0 Å². The molecule has 0 aromatic rings. The monoisotopic (exact) mass is 318 g/mol. The third kappa shape index (κ3) is 2.41. The molecule has 0 unspecified atom stereocenters. The van der Waals surface area contributed by atoms with Gasteiger partial charge in [0.1, 0.15) is 0 Å². The van der Waals surface area contributed by atoms with Crippen LogP contribution >= 0.6 is 0 Å². The van der Waals surface area contributed by atoms with Gasteiger partial charge >= 0.3 is 0 Å². The van der Waals surface area contributed by atoms with E-state index >= 15 is 0 Å². The number of rotatable bonds is 8. The zero-order valence-electron chi connectivity index (χ0n) is 12.5. The van der Waals surface area contributed by atoms with Gasteiger partial charge in [0, 0.05) is 6.92 Å². The van der Waals surface area contributed by atoms with Crippen LogP contribution in [0.1, 0.15) is 27.7 Å². The van der Waals surface area contributed by atoms with Gasteiger partial charge in [0.25, 0.3) is 0 Å². The van der Waals surface area contributed by atoms with Crippen molar-refractivity contribution in [3.8, 4) is 0 Å². The van der Waals surface area contributed by atoms with E-state index in [1.54, 1.807) is 0 Å². The molecular formula is C13H18O9. The van der Waals surface area contributed by atoms with Gasteiger partial charge in [0.05, 0.1) is 6.61 Å². The fourth-order valence-electron chi connectivity index (χ4n) is 2.16. The standard InChI is InChI=1S/C13H18O9/c1-6(15)10(19)12(21,8(3)17)13(22,9(4)18)11(20,5-14)7(2)16/h14,20-22H,5H2,1-4H3/t11-,12+,13-/m0/s1. The molecule has 0 bridgehead atoms. The van der Waals surface area contributed by atoms with Crippen molar-refractivity contribution < 1.29 is 44.4 Å². The van der Waals surface area contributed by atoms with Gasteiger partial charge in [-0.05, 0) is 20.8 Å². The molecule has 0 heterocycles. The predicted octanol–water partition coefficient (Wildman–Crippen LogP) is -2.90. The van der Waals surface area contributed by atoms with E-state index in [1.807, 2.05) is 0 Å². The molecular weight excluding hydrogens is 300 g/mol. The summed E-state index contributed by atoms with van der Waals surface area (Å²) in [4.78, 5) is 58.2. The van der Waals surface area contributed by atoms with Crippen LogP contribution in [0.2, 0.25) is 0 Å². The molecule has 9 nitrogen and oxygen atoms in total. The molecule has 0 aliphatic rings. The summed E-state index contributed by atoms with van der Waals surface area (Å²) >= 11 is 0. The number of carbonyl (C=O) groups excluding carboxylic acids is 5. The normalized spacial score (nSPS) is 19.3. The highest BCUT2D eigenvalue weighted by Crippen LogP contribution is 2.37. The van der Waals surface area contributed by atoms with E-state index in [9.17, 15) is 44.4 Å². The maximum absolute atomic E-state index is 11.9. The molecule has 22 heavy (non-hydrogen) atoms. The number of hydrogen-bond acceptors (Lipinski definition) is 9. The molecule has 0 saturated heterocycles. The van der Waals surface area contributed by atoms with E-state index in [0.717, 1.165) is 0 Å². The summed E-state index contributed by atoms with van der Waals surface area (Å²) < 4.78 is 0. The highest BCUT2D eigenvalue weighted by molar-refractivity contribution is 6.45. The smallest absolute Gasteiger partial charge is 0.240 e. The SMILES string of the molecule is CC(=O)C(=O)[C@](O)(C(C)=O)[C@](O)(C(C)=O)[C@](O)(CO)C(C)=O. The van der Waals surface area contributed by atoms with Crippen molar-refractivity contribution in [3.05, 3.63) is 0 Å². The first-order valence-electron chi connectivity index (χ1n) is 6.11. The number of aliphatic hydroxyl groups excluding tert-OH is 1. The molecule has 4 N–H and O–H groups in total. The molecule has 3 atom stereocenters. The van der Waals surface area contributed by atoms with Gasteiger partial charge in [-0.15, -0.1) is 0 Å². The van der Waals surface area contributed by atoms with Gasteiger partial charge < -0.3 is 20.4 Å². The number of Topliss-reactive ketones (excluding diaryl/α,β-unsaturated/α-hetero) is 5. The minimum Gasteiger partial charge on any atom is -0.393 e. The van der Waals surface area contributed by atoms with Crippen molar-refractivity contribution in [2.75, 3.05) is 6.61 Å². The topological polar surface area (TPSA) is 166 Å². The Balaban J connectivity index is 6.88. The third-order valence-electron chi connectivity index (χ3n) is 3.60. The van der Waals surface area contributed by atoms with Crippen LogP contribution in [0.25, 0.3) is 0 Å². The predicted molar refractivity (Wildman–Crippen MR) is 69.7 cm³/mol. The first-order chi connectivity index (χ1) is 9.74. The van der Waals surface area contributed by atoms with Gasteiger partial charge in [-0.25, -0.2) is 0 Å². The quantitative estimate of drug-likeness (QED) is 0.271. The second-order valence-corrected chi connectivity index (χ2v) is 4.99. The summed E-state index contributed by atoms with van der Waals surface area (Å²) in [6.07, 6.45) is 0. The Morgan fingerprint density at radius 1 is 0.773 bits per heavy atom. The minimum absolute atomic E-state index is 0.574. The van der Waals surface area contributed by atoms with Gasteiger partial charge in [0.15, 0.2) is 28.7 Å². The molecule has 0 aliphatic heterocycles. The lowest BCUT2D eigenvalue weighted by Crippen LogP contribution is -2.79. The van der Waals surface area contributed by atoms with E-state index < -0.39 is 52.3 Å². The average Bonchev–Trinajstić information content (AvgIpc) is 2.42. The average molecular weight is 318 g/mol. The van der Waals surface area contributed by atoms with E-state index in [-0.39, 0.29) is 0 Å². The molecule has 0 fully saturated rings. The van der Waals surface area contributed by atoms with Crippen molar-refractivity contribution in [1.29, 1.82) is 0 Å². The Bertz CT molecular complexity index is 552. The van der Waals surface area contributed by atoms with E-state index in [0.29, 0.717) is 27.7 Å². The zero-order chi connectivity index (χ0) is 18.1. The highest BCUT2D eigenvalue weighted by Gasteiger charge is 2.72. The highest BCUT2D eigenvalue weighted by atomic mass is 16.4. The fourth-order valence-corrected chi connectivity index (χ4v) is 2.16. The lowest BCUT2D eigenvalue weighted by Gasteiger charge is -2.46. The summed E-state index contributed by atoms with van der Waals surface area (Å²) in [6.45, 7) is 0.877. The Labute approximate surface area is 125 Å². The number of hydrogen-bond donors (Lipinski definition) is 4. The summed E-state index contributed by atoms with van der Waals surface area (Å²) in [6, 6.07) is 0. The van der Waals surface area contributed by atoms with E-state index in [1.165, 1.54) is 0 Å². The summed E-state index contributed by atoms with van der Waals surface area (Å²) in [5.74, 6) is -7.82. The van der Waals surface area contributed by atoms with Gasteiger partial charge in [-0.2, -0.15) is 0 Å². The molecule has 124 valence electrons. The van der Waals surface area contributed by atoms with Gasteiger partial charge in [-0.1, -0.05) is 0 Å². The van der Waals surface area contributed by atoms with Crippen molar-refractivity contribution >= 4 is 28.9 Å². The third-order valence-corrected chi connectivity index (χ3v) is 3.60. The number of carbonyl (C=O) groups is 5. The molecule has 0 amide bonds. The molecule has 0 spiro atoms. The number of aliphatic hydroxyl groups is 4. The molecule has 9 heteroatoms. The van der Waals surface area contributed by atoms with Crippen LogP contribution in [0.5, 0.6) is 0 Å². The van der Waals surface area contributed by atoms with Crippen LogP contribution in [-0.4, -0.2) is 72.8 Å². The Kier molecular flexibility index (Phi) is 5.62. The van der Waals surface area contributed by atoms with Crippen LogP contribution in [-0.2, 0) is 24.0 Å². The summed E-state index contributed by atoms with van der Waals surface area (Å²) in [5, 5.41) is 40.1. The van der Waals surface area contributed by atoms with Crippen molar-refractivity contribution in [2.24, 2.45) is 0 Å². The van der Waals surface area contributed by atoms with E-state index in [4.69, 9.17) is 0 Å². The van der Waals surface area contributed by atoms with Gasteiger partial charge in [-0.3, -0.25) is 24.0 Å². The zero-order valence-corrected chi connectivity index (χ0v) is 12.5. The Morgan fingerprint density at radius 3 is 1.36 bits per heavy atom. The summed E-state index contributed by atoms with van der Waals surface area (Å²) in [5.41, 5.74) is -10.8. The van der Waals surface area contributed by atoms with Gasteiger partial charge in [0.2, 0.25) is 17.0 Å². The van der Waals surface area contributed by atoms with Crippen molar-refractivity contribution in [2.45, 2.75) is 44.5 Å². The van der Waals surface area contributed by atoms with Crippen LogP contribution in [0.3, 0.4) is 0 Å². The largest absolute Gasteiger partial charge is 0.393 e. The molecule has 0 aliphatic carbocycles. The first-order valence-corrected chi connectivity index (χ1v) is 6.11. The number of ketones is 5. The van der Waals surface area contributed by atoms with Crippen LogP contribution in [0.4, 0.5) is 0 Å².